The molecule has 0 spiro atoms. The van der Waals surface area contributed by atoms with Crippen molar-refractivity contribution < 1.29 is 19.3 Å². The lowest BCUT2D eigenvalue weighted by Crippen LogP contribution is -2.12. The highest BCUT2D eigenvalue weighted by atomic mass is 16.6. The first kappa shape index (κ1) is 18.0. The normalized spacial score (nSPS) is 10.1. The maximum atomic E-state index is 11.0. The Hall–Kier alpha value is -3.36. The molecule has 0 unspecified atom stereocenters. The lowest BCUT2D eigenvalue weighted by molar-refractivity contribution is -0.393. The number of nitrogens with zero attached hydrogens (tertiary/aromatic N) is 2. The first-order valence-corrected chi connectivity index (χ1v) is 7.53. The van der Waals surface area contributed by atoms with Crippen molar-refractivity contribution in [2.24, 2.45) is 0 Å². The molecule has 0 fully saturated rings. The molecular formula is C16H17N3O6. The standard InChI is InChI=1S/C16H17N3O6/c1-2-24-13-4-6-14(7-5-13)25-10-9-17-15-8-3-12(18(20)21)11-16(15)19(22)23/h3-8,11,17H,2,9-10H2,1H3. The Kier molecular flexibility index (Phi) is 6.10. The Bertz CT molecular complexity index is 748. The van der Waals surface area contributed by atoms with Gasteiger partial charge in [0.1, 0.15) is 23.8 Å². The zero-order valence-electron chi connectivity index (χ0n) is 13.5. The average Bonchev–Trinajstić information content (AvgIpc) is 2.60. The van der Waals surface area contributed by atoms with Gasteiger partial charge in [-0.3, -0.25) is 20.2 Å². The summed E-state index contributed by atoms with van der Waals surface area (Å²) in [4.78, 5) is 20.4. The molecule has 9 heteroatoms. The van der Waals surface area contributed by atoms with Gasteiger partial charge in [0.2, 0.25) is 0 Å². The van der Waals surface area contributed by atoms with E-state index in [-0.39, 0.29) is 23.7 Å². The van der Waals surface area contributed by atoms with E-state index >= 15 is 0 Å². The van der Waals surface area contributed by atoms with Crippen LogP contribution in [0.3, 0.4) is 0 Å². The summed E-state index contributed by atoms with van der Waals surface area (Å²) in [5, 5.41) is 24.6. The summed E-state index contributed by atoms with van der Waals surface area (Å²) in [6.07, 6.45) is 0. The molecule has 0 aliphatic carbocycles. The van der Waals surface area contributed by atoms with E-state index in [9.17, 15) is 20.2 Å². The van der Waals surface area contributed by atoms with Gasteiger partial charge >= 0.3 is 0 Å². The van der Waals surface area contributed by atoms with Gasteiger partial charge in [-0.1, -0.05) is 0 Å². The summed E-state index contributed by atoms with van der Waals surface area (Å²) >= 11 is 0. The lowest BCUT2D eigenvalue weighted by Gasteiger charge is -2.09. The van der Waals surface area contributed by atoms with Crippen molar-refractivity contribution in [2.75, 3.05) is 25.1 Å². The van der Waals surface area contributed by atoms with Crippen LogP contribution >= 0.6 is 0 Å². The van der Waals surface area contributed by atoms with E-state index in [0.29, 0.717) is 18.9 Å². The fraction of sp³-hybridized carbons (Fsp3) is 0.250. The average molecular weight is 347 g/mol. The van der Waals surface area contributed by atoms with Crippen LogP contribution in [0.25, 0.3) is 0 Å². The van der Waals surface area contributed by atoms with Gasteiger partial charge in [0.15, 0.2) is 0 Å². The Morgan fingerprint density at radius 3 is 2.16 bits per heavy atom. The molecule has 0 aromatic heterocycles. The third-order valence-electron chi connectivity index (χ3n) is 3.21. The number of non-ortho nitro benzene ring substituents is 1. The zero-order chi connectivity index (χ0) is 18.2. The number of ether oxygens (including phenoxy) is 2. The van der Waals surface area contributed by atoms with Gasteiger partial charge in [0, 0.05) is 12.6 Å². The van der Waals surface area contributed by atoms with Crippen LogP contribution in [0.2, 0.25) is 0 Å². The summed E-state index contributed by atoms with van der Waals surface area (Å²) in [7, 11) is 0. The van der Waals surface area contributed by atoms with Gasteiger partial charge in [-0.2, -0.15) is 0 Å². The third-order valence-corrected chi connectivity index (χ3v) is 3.21. The van der Waals surface area contributed by atoms with Crippen molar-refractivity contribution in [1.82, 2.24) is 0 Å². The summed E-state index contributed by atoms with van der Waals surface area (Å²) in [6, 6.07) is 10.5. The number of anilines is 1. The van der Waals surface area contributed by atoms with E-state index < -0.39 is 9.85 Å². The lowest BCUT2D eigenvalue weighted by atomic mass is 10.2. The van der Waals surface area contributed by atoms with Crippen molar-refractivity contribution in [3.05, 3.63) is 62.7 Å². The predicted molar refractivity (Wildman–Crippen MR) is 91.3 cm³/mol. The summed E-state index contributed by atoms with van der Waals surface area (Å²) in [6.45, 7) is 3.04. The molecule has 0 atom stereocenters. The quantitative estimate of drug-likeness (QED) is 0.420. The predicted octanol–water partition coefficient (Wildman–Crippen LogP) is 3.39. The Labute approximate surface area is 143 Å². The van der Waals surface area contributed by atoms with Crippen LogP contribution < -0.4 is 14.8 Å². The molecule has 0 radical (unpaired) electrons. The van der Waals surface area contributed by atoms with Crippen LogP contribution in [-0.2, 0) is 0 Å². The second-order valence-corrected chi connectivity index (χ2v) is 4.90. The van der Waals surface area contributed by atoms with Crippen LogP contribution in [0.4, 0.5) is 17.1 Å². The van der Waals surface area contributed by atoms with E-state index in [4.69, 9.17) is 9.47 Å². The maximum absolute atomic E-state index is 11.0. The molecule has 2 rings (SSSR count). The van der Waals surface area contributed by atoms with Gasteiger partial charge in [-0.05, 0) is 37.3 Å². The molecule has 0 aliphatic rings. The molecule has 0 saturated heterocycles. The fourth-order valence-corrected chi connectivity index (χ4v) is 2.09. The smallest absolute Gasteiger partial charge is 0.299 e. The van der Waals surface area contributed by atoms with E-state index in [2.05, 4.69) is 5.32 Å². The summed E-state index contributed by atoms with van der Waals surface area (Å²) < 4.78 is 10.9. The number of hydrogen-bond donors (Lipinski definition) is 1. The van der Waals surface area contributed by atoms with Crippen molar-refractivity contribution >= 4 is 17.1 Å². The van der Waals surface area contributed by atoms with Crippen molar-refractivity contribution in [3.63, 3.8) is 0 Å². The molecule has 25 heavy (non-hydrogen) atoms. The molecule has 0 aliphatic heterocycles. The number of hydrogen-bond acceptors (Lipinski definition) is 7. The van der Waals surface area contributed by atoms with Crippen molar-refractivity contribution in [1.29, 1.82) is 0 Å². The maximum Gasteiger partial charge on any atom is 0.299 e. The van der Waals surface area contributed by atoms with Crippen molar-refractivity contribution in [3.8, 4) is 11.5 Å². The molecule has 2 aromatic rings. The van der Waals surface area contributed by atoms with E-state index in [1.54, 1.807) is 24.3 Å². The Morgan fingerprint density at radius 1 is 0.960 bits per heavy atom. The van der Waals surface area contributed by atoms with E-state index in [0.717, 1.165) is 11.8 Å². The van der Waals surface area contributed by atoms with Crippen LogP contribution in [-0.4, -0.2) is 29.6 Å². The summed E-state index contributed by atoms with van der Waals surface area (Å²) in [5.41, 5.74) is -0.482. The van der Waals surface area contributed by atoms with Crippen LogP contribution in [0, 0.1) is 20.2 Å². The number of nitro benzene ring substituents is 2. The molecule has 132 valence electrons. The minimum absolute atomic E-state index is 0.200. The number of nitro groups is 2. The second kappa shape index (κ2) is 8.48. The second-order valence-electron chi connectivity index (χ2n) is 4.90. The molecular weight excluding hydrogens is 330 g/mol. The topological polar surface area (TPSA) is 117 Å². The minimum atomic E-state index is -0.675. The van der Waals surface area contributed by atoms with Crippen LogP contribution in [0.5, 0.6) is 11.5 Å². The first-order chi connectivity index (χ1) is 12.0. The van der Waals surface area contributed by atoms with E-state index in [1.807, 2.05) is 6.92 Å². The zero-order valence-corrected chi connectivity index (χ0v) is 13.5. The minimum Gasteiger partial charge on any atom is -0.494 e. The fourth-order valence-electron chi connectivity index (χ4n) is 2.09. The van der Waals surface area contributed by atoms with Gasteiger partial charge in [0.05, 0.1) is 22.5 Å². The van der Waals surface area contributed by atoms with Gasteiger partial charge in [-0.25, -0.2) is 0 Å². The van der Waals surface area contributed by atoms with Gasteiger partial charge in [-0.15, -0.1) is 0 Å². The molecule has 2 aromatic carbocycles. The molecule has 0 bridgehead atoms. The molecule has 0 heterocycles. The highest BCUT2D eigenvalue weighted by Crippen LogP contribution is 2.28. The van der Waals surface area contributed by atoms with Gasteiger partial charge < -0.3 is 14.8 Å². The Balaban J connectivity index is 1.90. The van der Waals surface area contributed by atoms with E-state index in [1.165, 1.54) is 12.1 Å². The molecule has 0 amide bonds. The highest BCUT2D eigenvalue weighted by molar-refractivity contribution is 5.65. The largest absolute Gasteiger partial charge is 0.494 e. The molecule has 1 N–H and O–H groups in total. The van der Waals surface area contributed by atoms with Crippen molar-refractivity contribution in [2.45, 2.75) is 6.92 Å². The SMILES string of the molecule is CCOc1ccc(OCCNc2ccc([N+](=O)[O-])cc2[N+](=O)[O-])cc1. The van der Waals surface area contributed by atoms with Gasteiger partial charge in [0.25, 0.3) is 11.4 Å². The van der Waals surface area contributed by atoms with Crippen LogP contribution in [0.1, 0.15) is 6.92 Å². The van der Waals surface area contributed by atoms with Crippen LogP contribution in [0.15, 0.2) is 42.5 Å². The molecule has 0 saturated carbocycles. The Morgan fingerprint density at radius 2 is 1.60 bits per heavy atom. The number of rotatable bonds is 9. The number of nitrogens with one attached hydrogen (secondary N) is 1. The first-order valence-electron chi connectivity index (χ1n) is 7.53. The molecule has 9 nitrogen and oxygen atoms in total. The highest BCUT2D eigenvalue weighted by Gasteiger charge is 2.18. The third kappa shape index (κ3) is 5.06. The number of benzene rings is 2. The summed E-state index contributed by atoms with van der Waals surface area (Å²) in [5.74, 6) is 1.39. The monoisotopic (exact) mass is 347 g/mol.